The third-order valence-electron chi connectivity index (χ3n) is 3.53. The molecule has 1 fully saturated rings. The third kappa shape index (κ3) is 3.79. The zero-order valence-electron chi connectivity index (χ0n) is 13.2. The van der Waals surface area contributed by atoms with Crippen LogP contribution in [0, 0.1) is 0 Å². The van der Waals surface area contributed by atoms with Crippen LogP contribution in [0.2, 0.25) is 0 Å². The van der Waals surface area contributed by atoms with Crippen LogP contribution >= 0.6 is 0 Å². The standard InChI is InChI=1S/C15H18N4.C2H6/c1-18-9-11-19(12-10-18)15-14(16-7-8-17-15)13-5-3-2-4-6-13;1-2/h2-8H,9-12H2,1H3;1-2H3. The zero-order valence-corrected chi connectivity index (χ0v) is 13.2. The van der Waals surface area contributed by atoms with Gasteiger partial charge in [0, 0.05) is 44.1 Å². The SMILES string of the molecule is CC.CN1CCN(c2nccnc2-c2ccccc2)CC1. The predicted molar refractivity (Wildman–Crippen MR) is 88.5 cm³/mol. The van der Waals surface area contributed by atoms with Crippen LogP contribution in [-0.4, -0.2) is 48.1 Å². The van der Waals surface area contributed by atoms with E-state index in [0.717, 1.165) is 43.3 Å². The summed E-state index contributed by atoms with van der Waals surface area (Å²) in [5.41, 5.74) is 2.11. The second-order valence-electron chi connectivity index (χ2n) is 4.88. The van der Waals surface area contributed by atoms with E-state index in [9.17, 15) is 0 Å². The maximum Gasteiger partial charge on any atom is 0.155 e. The van der Waals surface area contributed by atoms with E-state index in [1.165, 1.54) is 0 Å². The molecule has 1 aliphatic rings. The molecule has 0 spiro atoms. The molecular formula is C17H24N4. The molecule has 1 aromatic heterocycles. The molecule has 1 saturated heterocycles. The molecule has 21 heavy (non-hydrogen) atoms. The molecule has 1 aromatic carbocycles. The van der Waals surface area contributed by atoms with Gasteiger partial charge in [-0.3, -0.25) is 4.98 Å². The highest BCUT2D eigenvalue weighted by Crippen LogP contribution is 2.26. The Morgan fingerprint density at radius 1 is 0.857 bits per heavy atom. The smallest absolute Gasteiger partial charge is 0.155 e. The van der Waals surface area contributed by atoms with Gasteiger partial charge < -0.3 is 9.80 Å². The van der Waals surface area contributed by atoms with Crippen molar-refractivity contribution >= 4 is 5.82 Å². The predicted octanol–water partition coefficient (Wildman–Crippen LogP) is 2.92. The third-order valence-corrected chi connectivity index (χ3v) is 3.53. The average molecular weight is 284 g/mol. The van der Waals surface area contributed by atoms with E-state index >= 15 is 0 Å². The first kappa shape index (κ1) is 15.4. The molecule has 4 nitrogen and oxygen atoms in total. The van der Waals surface area contributed by atoms with Gasteiger partial charge in [0.1, 0.15) is 5.69 Å². The lowest BCUT2D eigenvalue weighted by molar-refractivity contribution is 0.312. The lowest BCUT2D eigenvalue weighted by atomic mass is 10.1. The lowest BCUT2D eigenvalue weighted by Crippen LogP contribution is -2.45. The minimum absolute atomic E-state index is 0.979. The Morgan fingerprint density at radius 3 is 2.14 bits per heavy atom. The van der Waals surface area contributed by atoms with Crippen LogP contribution < -0.4 is 4.90 Å². The van der Waals surface area contributed by atoms with Gasteiger partial charge in [-0.05, 0) is 7.05 Å². The molecule has 0 aliphatic carbocycles. The lowest BCUT2D eigenvalue weighted by Gasteiger charge is -2.33. The van der Waals surface area contributed by atoms with Gasteiger partial charge >= 0.3 is 0 Å². The van der Waals surface area contributed by atoms with E-state index in [1.54, 1.807) is 12.4 Å². The van der Waals surface area contributed by atoms with Crippen LogP contribution in [0.1, 0.15) is 13.8 Å². The van der Waals surface area contributed by atoms with Crippen molar-refractivity contribution in [2.45, 2.75) is 13.8 Å². The van der Waals surface area contributed by atoms with Crippen molar-refractivity contribution in [1.29, 1.82) is 0 Å². The summed E-state index contributed by atoms with van der Waals surface area (Å²) in [6.45, 7) is 8.17. The second kappa shape index (κ2) is 7.74. The molecule has 0 radical (unpaired) electrons. The van der Waals surface area contributed by atoms with E-state index < -0.39 is 0 Å². The number of benzene rings is 1. The number of piperazine rings is 1. The Bertz CT molecular complexity index is 533. The average Bonchev–Trinajstić information content (AvgIpc) is 2.58. The minimum atomic E-state index is 0.979. The van der Waals surface area contributed by atoms with Gasteiger partial charge in [-0.2, -0.15) is 0 Å². The van der Waals surface area contributed by atoms with Crippen molar-refractivity contribution in [3.05, 3.63) is 42.7 Å². The van der Waals surface area contributed by atoms with E-state index in [2.05, 4.69) is 38.9 Å². The number of hydrogen-bond donors (Lipinski definition) is 0. The van der Waals surface area contributed by atoms with Crippen molar-refractivity contribution in [2.24, 2.45) is 0 Å². The zero-order chi connectivity index (χ0) is 15.1. The Kier molecular flexibility index (Phi) is 5.69. The van der Waals surface area contributed by atoms with Crippen molar-refractivity contribution < 1.29 is 0 Å². The highest BCUT2D eigenvalue weighted by molar-refractivity contribution is 5.71. The van der Waals surface area contributed by atoms with Crippen molar-refractivity contribution in [3.63, 3.8) is 0 Å². The Hall–Kier alpha value is -1.94. The van der Waals surface area contributed by atoms with Gasteiger partial charge in [0.15, 0.2) is 5.82 Å². The maximum atomic E-state index is 4.55. The van der Waals surface area contributed by atoms with Crippen LogP contribution in [-0.2, 0) is 0 Å². The van der Waals surface area contributed by atoms with Gasteiger partial charge in [-0.1, -0.05) is 44.2 Å². The first-order chi connectivity index (χ1) is 10.3. The molecular weight excluding hydrogens is 260 g/mol. The Morgan fingerprint density at radius 2 is 1.48 bits per heavy atom. The molecule has 112 valence electrons. The van der Waals surface area contributed by atoms with E-state index in [4.69, 9.17) is 0 Å². The summed E-state index contributed by atoms with van der Waals surface area (Å²) >= 11 is 0. The molecule has 0 unspecified atom stereocenters. The van der Waals surface area contributed by atoms with Crippen LogP contribution in [0.4, 0.5) is 5.82 Å². The molecule has 0 N–H and O–H groups in total. The summed E-state index contributed by atoms with van der Waals surface area (Å²) in [7, 11) is 2.16. The number of nitrogens with zero attached hydrogens (tertiary/aromatic N) is 4. The first-order valence-corrected chi connectivity index (χ1v) is 7.64. The molecule has 0 atom stereocenters. The molecule has 2 heterocycles. The first-order valence-electron chi connectivity index (χ1n) is 7.64. The summed E-state index contributed by atoms with van der Waals surface area (Å²) < 4.78 is 0. The van der Waals surface area contributed by atoms with Crippen molar-refractivity contribution in [3.8, 4) is 11.3 Å². The topological polar surface area (TPSA) is 32.3 Å². The highest BCUT2D eigenvalue weighted by atomic mass is 15.3. The van der Waals surface area contributed by atoms with Crippen molar-refractivity contribution in [2.75, 3.05) is 38.1 Å². The number of anilines is 1. The summed E-state index contributed by atoms with van der Waals surface area (Å²) in [5.74, 6) is 1.00. The Labute approximate surface area is 127 Å². The van der Waals surface area contributed by atoms with Crippen LogP contribution in [0.3, 0.4) is 0 Å². The second-order valence-corrected chi connectivity index (χ2v) is 4.88. The van der Waals surface area contributed by atoms with Gasteiger partial charge in [0.05, 0.1) is 0 Å². The number of rotatable bonds is 2. The number of likely N-dealkylation sites (N-methyl/N-ethyl adjacent to an activating group) is 1. The highest BCUT2D eigenvalue weighted by Gasteiger charge is 2.19. The van der Waals surface area contributed by atoms with Gasteiger partial charge in [-0.25, -0.2) is 4.98 Å². The Balaban J connectivity index is 0.000000774. The summed E-state index contributed by atoms with van der Waals surface area (Å²) in [4.78, 5) is 13.7. The van der Waals surface area contributed by atoms with Gasteiger partial charge in [-0.15, -0.1) is 0 Å². The normalized spacial score (nSPS) is 15.3. The van der Waals surface area contributed by atoms with Crippen molar-refractivity contribution in [1.82, 2.24) is 14.9 Å². The summed E-state index contributed by atoms with van der Waals surface area (Å²) in [6, 6.07) is 10.3. The largest absolute Gasteiger partial charge is 0.352 e. The quantitative estimate of drug-likeness (QED) is 0.849. The molecule has 1 aliphatic heterocycles. The molecule has 4 heteroatoms. The fourth-order valence-corrected chi connectivity index (χ4v) is 2.38. The molecule has 0 bridgehead atoms. The van der Waals surface area contributed by atoms with Crippen LogP contribution in [0.25, 0.3) is 11.3 Å². The molecule has 3 rings (SSSR count). The van der Waals surface area contributed by atoms with Gasteiger partial charge in [0.25, 0.3) is 0 Å². The fraction of sp³-hybridized carbons (Fsp3) is 0.412. The summed E-state index contributed by atoms with van der Waals surface area (Å²) in [6.07, 6.45) is 3.54. The minimum Gasteiger partial charge on any atom is -0.352 e. The monoisotopic (exact) mass is 284 g/mol. The number of aromatic nitrogens is 2. The number of hydrogen-bond acceptors (Lipinski definition) is 4. The van der Waals surface area contributed by atoms with E-state index in [0.29, 0.717) is 0 Å². The van der Waals surface area contributed by atoms with E-state index in [1.807, 2.05) is 32.0 Å². The molecule has 0 amide bonds. The fourth-order valence-electron chi connectivity index (χ4n) is 2.38. The summed E-state index contributed by atoms with van der Waals surface area (Å²) in [5, 5.41) is 0. The van der Waals surface area contributed by atoms with Crippen LogP contribution in [0.5, 0.6) is 0 Å². The van der Waals surface area contributed by atoms with Crippen LogP contribution in [0.15, 0.2) is 42.7 Å². The van der Waals surface area contributed by atoms with E-state index in [-0.39, 0.29) is 0 Å². The van der Waals surface area contributed by atoms with Gasteiger partial charge in [0.2, 0.25) is 0 Å². The molecule has 0 saturated carbocycles. The maximum absolute atomic E-state index is 4.55. The molecule has 2 aromatic rings.